The van der Waals surface area contributed by atoms with Crippen LogP contribution in [0.15, 0.2) is 66.9 Å². The lowest BCUT2D eigenvalue weighted by Crippen LogP contribution is -2.45. The number of rotatable bonds is 5. The minimum Gasteiger partial charge on any atom is -0.389 e. The number of nitrogens with zero attached hydrogens (tertiary/aromatic N) is 2. The first kappa shape index (κ1) is 18.6. The molecule has 0 amide bonds. The summed E-state index contributed by atoms with van der Waals surface area (Å²) in [6, 6.07) is 16.6. The summed E-state index contributed by atoms with van der Waals surface area (Å²) in [4.78, 5) is 0. The topological polar surface area (TPSA) is 38.1 Å². The van der Waals surface area contributed by atoms with Crippen molar-refractivity contribution in [1.82, 2.24) is 9.78 Å². The van der Waals surface area contributed by atoms with E-state index in [1.807, 2.05) is 42.1 Å². The standard InChI is InChI=1S/C24H25FN2O/c1-23(24(2,28)15-12-18-6-4-3-5-7-18)14-13-22-19(16-23)17-26-27(22)21-10-8-20(25)9-11-21/h3-11,13-14,17,28H,12,15-16H2,1-2H3. The molecule has 0 saturated carbocycles. The lowest BCUT2D eigenvalue weighted by Gasteiger charge is -2.42. The third kappa shape index (κ3) is 3.40. The minimum absolute atomic E-state index is 0.262. The van der Waals surface area contributed by atoms with Gasteiger partial charge >= 0.3 is 0 Å². The van der Waals surface area contributed by atoms with Gasteiger partial charge in [-0.15, -0.1) is 0 Å². The Morgan fingerprint density at radius 3 is 2.57 bits per heavy atom. The molecule has 0 fully saturated rings. The fourth-order valence-electron chi connectivity index (χ4n) is 3.90. The van der Waals surface area contributed by atoms with Crippen molar-refractivity contribution in [3.05, 3.63) is 89.5 Å². The molecule has 3 nitrogen and oxygen atoms in total. The van der Waals surface area contributed by atoms with Crippen LogP contribution in [0.3, 0.4) is 0 Å². The quantitative estimate of drug-likeness (QED) is 0.683. The number of hydrogen-bond acceptors (Lipinski definition) is 2. The van der Waals surface area contributed by atoms with Crippen molar-refractivity contribution in [3.63, 3.8) is 0 Å². The summed E-state index contributed by atoms with van der Waals surface area (Å²) in [5, 5.41) is 15.8. The van der Waals surface area contributed by atoms with E-state index in [1.54, 1.807) is 12.1 Å². The van der Waals surface area contributed by atoms with Crippen LogP contribution in [-0.2, 0) is 12.8 Å². The lowest BCUT2D eigenvalue weighted by molar-refractivity contribution is -0.0414. The molecule has 2 unspecified atom stereocenters. The van der Waals surface area contributed by atoms with Crippen LogP contribution in [0.25, 0.3) is 11.8 Å². The fraction of sp³-hybridized carbons (Fsp3) is 0.292. The van der Waals surface area contributed by atoms with Crippen LogP contribution in [0, 0.1) is 11.2 Å². The van der Waals surface area contributed by atoms with Crippen LogP contribution in [0.5, 0.6) is 0 Å². The van der Waals surface area contributed by atoms with Crippen molar-refractivity contribution in [3.8, 4) is 5.69 Å². The van der Waals surface area contributed by atoms with Gasteiger partial charge in [0.05, 0.1) is 23.2 Å². The number of benzene rings is 2. The van der Waals surface area contributed by atoms with Gasteiger partial charge in [-0.05, 0) is 67.7 Å². The van der Waals surface area contributed by atoms with E-state index in [0.717, 1.165) is 23.4 Å². The molecule has 3 aromatic rings. The smallest absolute Gasteiger partial charge is 0.123 e. The summed E-state index contributed by atoms with van der Waals surface area (Å²) in [6.07, 6.45) is 8.21. The Morgan fingerprint density at radius 2 is 1.86 bits per heavy atom. The van der Waals surface area contributed by atoms with Crippen LogP contribution >= 0.6 is 0 Å². The van der Waals surface area contributed by atoms with Crippen molar-refractivity contribution in [2.45, 2.75) is 38.7 Å². The Labute approximate surface area is 165 Å². The van der Waals surface area contributed by atoms with E-state index in [4.69, 9.17) is 0 Å². The average Bonchev–Trinajstić information content (AvgIpc) is 3.10. The average molecular weight is 376 g/mol. The van der Waals surface area contributed by atoms with E-state index < -0.39 is 5.60 Å². The van der Waals surface area contributed by atoms with E-state index in [-0.39, 0.29) is 11.2 Å². The van der Waals surface area contributed by atoms with Crippen molar-refractivity contribution in [1.29, 1.82) is 0 Å². The zero-order chi connectivity index (χ0) is 19.8. The van der Waals surface area contributed by atoms with Crippen LogP contribution in [0.4, 0.5) is 4.39 Å². The van der Waals surface area contributed by atoms with Gasteiger partial charge in [-0.2, -0.15) is 5.10 Å². The second-order valence-corrected chi connectivity index (χ2v) is 8.13. The monoisotopic (exact) mass is 376 g/mol. The highest BCUT2D eigenvalue weighted by molar-refractivity contribution is 5.57. The molecule has 2 atom stereocenters. The third-order valence-electron chi connectivity index (χ3n) is 6.10. The van der Waals surface area contributed by atoms with E-state index in [2.05, 4.69) is 30.2 Å². The predicted molar refractivity (Wildman–Crippen MR) is 110 cm³/mol. The predicted octanol–water partition coefficient (Wildman–Crippen LogP) is 4.97. The third-order valence-corrected chi connectivity index (χ3v) is 6.10. The number of aromatic nitrogens is 2. The maximum atomic E-state index is 13.2. The number of fused-ring (bicyclic) bond motifs is 1. The molecule has 4 rings (SSSR count). The van der Waals surface area contributed by atoms with Crippen molar-refractivity contribution in [2.75, 3.05) is 0 Å². The van der Waals surface area contributed by atoms with Crippen LogP contribution in [-0.4, -0.2) is 20.5 Å². The normalized spacial score (nSPS) is 20.6. The fourth-order valence-corrected chi connectivity index (χ4v) is 3.90. The van der Waals surface area contributed by atoms with E-state index in [0.29, 0.717) is 12.8 Å². The molecule has 0 saturated heterocycles. The molecule has 0 radical (unpaired) electrons. The maximum Gasteiger partial charge on any atom is 0.123 e. The van der Waals surface area contributed by atoms with Gasteiger partial charge in [0, 0.05) is 5.41 Å². The van der Waals surface area contributed by atoms with Gasteiger partial charge in [0.25, 0.3) is 0 Å². The Balaban J connectivity index is 1.56. The van der Waals surface area contributed by atoms with E-state index >= 15 is 0 Å². The van der Waals surface area contributed by atoms with Gasteiger partial charge in [0.1, 0.15) is 5.82 Å². The summed E-state index contributed by atoms with van der Waals surface area (Å²) in [6.45, 7) is 4.03. The molecule has 28 heavy (non-hydrogen) atoms. The second-order valence-electron chi connectivity index (χ2n) is 8.13. The molecule has 1 aliphatic rings. The van der Waals surface area contributed by atoms with Gasteiger partial charge in [-0.1, -0.05) is 43.3 Å². The molecule has 4 heteroatoms. The van der Waals surface area contributed by atoms with Crippen LogP contribution < -0.4 is 0 Å². The molecule has 144 valence electrons. The van der Waals surface area contributed by atoms with Crippen LogP contribution in [0.2, 0.25) is 0 Å². The summed E-state index contributed by atoms with van der Waals surface area (Å²) in [5.74, 6) is -0.262. The zero-order valence-corrected chi connectivity index (χ0v) is 16.3. The highest BCUT2D eigenvalue weighted by atomic mass is 19.1. The Hall–Kier alpha value is -2.72. The number of hydrogen-bond donors (Lipinski definition) is 1. The first-order valence-corrected chi connectivity index (χ1v) is 9.66. The number of aryl methyl sites for hydroxylation is 1. The summed E-state index contributed by atoms with van der Waals surface area (Å²) < 4.78 is 15.0. The van der Waals surface area contributed by atoms with E-state index in [1.165, 1.54) is 17.7 Å². The Morgan fingerprint density at radius 1 is 1.14 bits per heavy atom. The molecule has 0 aliphatic heterocycles. The molecular weight excluding hydrogens is 351 g/mol. The molecule has 1 aromatic heterocycles. The lowest BCUT2D eigenvalue weighted by atomic mass is 9.66. The largest absolute Gasteiger partial charge is 0.389 e. The van der Waals surface area contributed by atoms with Gasteiger partial charge < -0.3 is 5.11 Å². The van der Waals surface area contributed by atoms with Gasteiger partial charge in [-0.25, -0.2) is 9.07 Å². The number of aliphatic hydroxyl groups is 1. The summed E-state index contributed by atoms with van der Waals surface area (Å²) in [5.41, 5.74) is 2.90. The van der Waals surface area contributed by atoms with Crippen LogP contribution in [0.1, 0.15) is 37.1 Å². The molecule has 0 bridgehead atoms. The Bertz CT molecular complexity index is 989. The molecular formula is C24H25FN2O. The summed E-state index contributed by atoms with van der Waals surface area (Å²) >= 11 is 0. The number of halogens is 1. The molecule has 1 heterocycles. The summed E-state index contributed by atoms with van der Waals surface area (Å²) in [7, 11) is 0. The van der Waals surface area contributed by atoms with Gasteiger partial charge in [0.2, 0.25) is 0 Å². The van der Waals surface area contributed by atoms with Gasteiger partial charge in [-0.3, -0.25) is 0 Å². The Kier molecular flexibility index (Phi) is 4.68. The first-order valence-electron chi connectivity index (χ1n) is 9.66. The first-order chi connectivity index (χ1) is 13.4. The molecule has 2 aromatic carbocycles. The molecule has 1 aliphatic carbocycles. The highest BCUT2D eigenvalue weighted by Crippen LogP contribution is 2.43. The highest BCUT2D eigenvalue weighted by Gasteiger charge is 2.43. The van der Waals surface area contributed by atoms with Crippen molar-refractivity contribution >= 4 is 6.08 Å². The second kappa shape index (κ2) is 7.02. The maximum absolute atomic E-state index is 13.2. The zero-order valence-electron chi connectivity index (χ0n) is 16.3. The van der Waals surface area contributed by atoms with Gasteiger partial charge in [0.15, 0.2) is 0 Å². The van der Waals surface area contributed by atoms with Crippen molar-refractivity contribution < 1.29 is 9.50 Å². The molecule has 1 N–H and O–H groups in total. The van der Waals surface area contributed by atoms with E-state index in [9.17, 15) is 9.50 Å². The minimum atomic E-state index is -0.852. The SMILES string of the molecule is CC(O)(CCc1ccccc1)C1(C)C=Cc2c(cnn2-c2ccc(F)cc2)C1. The van der Waals surface area contributed by atoms with Crippen molar-refractivity contribution in [2.24, 2.45) is 5.41 Å². The molecule has 0 spiro atoms.